The van der Waals surface area contributed by atoms with Gasteiger partial charge < -0.3 is 21.3 Å². The number of nitrogen functional groups attached to an aromatic ring is 1. The van der Waals surface area contributed by atoms with Crippen molar-refractivity contribution in [3.8, 4) is 0 Å². The molecule has 0 saturated carbocycles. The molecule has 1 aromatic carbocycles. The summed E-state index contributed by atoms with van der Waals surface area (Å²) in [5, 5.41) is 22.5. The van der Waals surface area contributed by atoms with Crippen molar-refractivity contribution in [3.05, 3.63) is 29.1 Å². The van der Waals surface area contributed by atoms with Crippen molar-refractivity contribution in [3.63, 3.8) is 0 Å². The Kier molecular flexibility index (Phi) is 4.86. The van der Waals surface area contributed by atoms with E-state index in [1.807, 2.05) is 0 Å². The molecule has 0 spiro atoms. The molecule has 2 atom stereocenters. The minimum atomic E-state index is -1.10. The summed E-state index contributed by atoms with van der Waals surface area (Å²) in [6.45, 7) is 2.30. The van der Waals surface area contributed by atoms with Crippen LogP contribution in [-0.2, 0) is 0 Å². The van der Waals surface area contributed by atoms with E-state index >= 15 is 0 Å². The first kappa shape index (κ1) is 13.9. The van der Waals surface area contributed by atoms with Crippen LogP contribution < -0.4 is 11.1 Å². The van der Waals surface area contributed by atoms with Crippen LogP contribution in [-0.4, -0.2) is 29.9 Å². The summed E-state index contributed by atoms with van der Waals surface area (Å²) in [4.78, 5) is 0. The number of hydrogen-bond donors (Lipinski definition) is 4. The van der Waals surface area contributed by atoms with Crippen molar-refractivity contribution >= 4 is 5.69 Å². The first-order valence-electron chi connectivity index (χ1n) is 5.53. The average Bonchev–Trinajstić information content (AvgIpc) is 2.29. The number of aliphatic hydroxyl groups is 2. The van der Waals surface area contributed by atoms with E-state index in [4.69, 9.17) is 5.73 Å². The molecule has 1 aromatic rings. The second-order valence-electron chi connectivity index (χ2n) is 4.13. The summed E-state index contributed by atoms with van der Waals surface area (Å²) < 4.78 is 13.3. The quantitative estimate of drug-likeness (QED) is 0.574. The van der Waals surface area contributed by atoms with Crippen molar-refractivity contribution in [2.24, 2.45) is 0 Å². The van der Waals surface area contributed by atoms with Crippen LogP contribution in [0.25, 0.3) is 0 Å². The van der Waals surface area contributed by atoms with Gasteiger partial charge in [0.15, 0.2) is 0 Å². The van der Waals surface area contributed by atoms with E-state index in [0.717, 1.165) is 0 Å². The highest BCUT2D eigenvalue weighted by molar-refractivity contribution is 5.46. The zero-order valence-electron chi connectivity index (χ0n) is 10.1. The highest BCUT2D eigenvalue weighted by atomic mass is 19.1. The van der Waals surface area contributed by atoms with Gasteiger partial charge in [-0.05, 0) is 50.2 Å². The molecule has 0 aliphatic heterocycles. The first-order chi connectivity index (χ1) is 7.97. The Bertz CT molecular complexity index is 385. The van der Waals surface area contributed by atoms with Gasteiger partial charge in [0, 0.05) is 0 Å². The minimum Gasteiger partial charge on any atom is -0.396 e. The fraction of sp³-hybridized carbons (Fsp3) is 0.500. The molecular weight excluding hydrogens is 223 g/mol. The van der Waals surface area contributed by atoms with Gasteiger partial charge >= 0.3 is 0 Å². The second kappa shape index (κ2) is 5.95. The van der Waals surface area contributed by atoms with E-state index in [-0.39, 0.29) is 5.69 Å². The predicted octanol–water partition coefficient (Wildman–Crippen LogP) is 0.720. The number of halogens is 1. The number of nitrogens with two attached hydrogens (primary N) is 1. The van der Waals surface area contributed by atoms with Gasteiger partial charge in [-0.3, -0.25) is 0 Å². The molecule has 4 nitrogen and oxygen atoms in total. The molecule has 0 amide bonds. The van der Waals surface area contributed by atoms with Crippen LogP contribution in [0.3, 0.4) is 0 Å². The lowest BCUT2D eigenvalue weighted by atomic mass is 9.97. The van der Waals surface area contributed by atoms with Gasteiger partial charge in [-0.15, -0.1) is 0 Å². The number of hydrogen-bond acceptors (Lipinski definition) is 4. The Morgan fingerprint density at radius 2 is 2.06 bits per heavy atom. The lowest BCUT2D eigenvalue weighted by Gasteiger charge is -2.20. The molecule has 5 N–H and O–H groups in total. The molecule has 0 heterocycles. The molecule has 1 rings (SSSR count). The van der Waals surface area contributed by atoms with Gasteiger partial charge in [0.25, 0.3) is 0 Å². The van der Waals surface area contributed by atoms with Crippen LogP contribution >= 0.6 is 0 Å². The molecule has 0 bridgehead atoms. The molecule has 17 heavy (non-hydrogen) atoms. The molecular formula is C12H19FN2O2. The van der Waals surface area contributed by atoms with Gasteiger partial charge in [-0.2, -0.15) is 0 Å². The van der Waals surface area contributed by atoms with Crippen LogP contribution in [0.1, 0.15) is 23.7 Å². The fourth-order valence-electron chi connectivity index (χ4n) is 1.70. The van der Waals surface area contributed by atoms with Gasteiger partial charge in [0.2, 0.25) is 0 Å². The summed E-state index contributed by atoms with van der Waals surface area (Å²) in [6.07, 6.45) is -1.63. The Balaban J connectivity index is 2.88. The van der Waals surface area contributed by atoms with E-state index in [1.54, 1.807) is 14.0 Å². The van der Waals surface area contributed by atoms with E-state index in [9.17, 15) is 14.6 Å². The second-order valence-corrected chi connectivity index (χ2v) is 4.13. The molecule has 2 unspecified atom stereocenters. The summed E-state index contributed by atoms with van der Waals surface area (Å²) in [5.74, 6) is -0.578. The minimum absolute atomic E-state index is 0.0446. The topological polar surface area (TPSA) is 78.5 Å². The van der Waals surface area contributed by atoms with Crippen molar-refractivity contribution in [2.45, 2.75) is 25.6 Å². The van der Waals surface area contributed by atoms with Crippen LogP contribution in [0.2, 0.25) is 0 Å². The number of aliphatic hydroxyl groups excluding tert-OH is 2. The summed E-state index contributed by atoms with van der Waals surface area (Å²) in [6, 6.07) is 2.64. The third-order valence-corrected chi connectivity index (χ3v) is 2.76. The van der Waals surface area contributed by atoms with Crippen LogP contribution in [0.15, 0.2) is 12.1 Å². The number of nitrogens with one attached hydrogen (secondary N) is 1. The number of rotatable bonds is 5. The molecule has 0 radical (unpaired) electrons. The summed E-state index contributed by atoms with van der Waals surface area (Å²) in [7, 11) is 1.76. The molecule has 0 fully saturated rings. The normalized spacial score (nSPS) is 14.6. The van der Waals surface area contributed by atoms with Crippen molar-refractivity contribution in [1.29, 1.82) is 0 Å². The largest absolute Gasteiger partial charge is 0.396 e. The van der Waals surface area contributed by atoms with E-state index in [0.29, 0.717) is 24.1 Å². The highest BCUT2D eigenvalue weighted by Crippen LogP contribution is 2.25. The molecule has 0 aliphatic carbocycles. The molecule has 96 valence electrons. The van der Waals surface area contributed by atoms with E-state index in [1.165, 1.54) is 12.1 Å². The number of anilines is 1. The lowest BCUT2D eigenvalue weighted by Crippen LogP contribution is -2.24. The summed E-state index contributed by atoms with van der Waals surface area (Å²) in [5.41, 5.74) is 6.50. The van der Waals surface area contributed by atoms with Gasteiger partial charge in [-0.25, -0.2) is 4.39 Å². The van der Waals surface area contributed by atoms with Crippen LogP contribution in [0.4, 0.5) is 10.1 Å². The Labute approximate surface area is 100 Å². The molecule has 0 saturated heterocycles. The van der Waals surface area contributed by atoms with Crippen molar-refractivity contribution in [2.75, 3.05) is 19.3 Å². The zero-order valence-corrected chi connectivity index (χ0v) is 10.1. The average molecular weight is 242 g/mol. The van der Waals surface area contributed by atoms with Gasteiger partial charge in [0.05, 0.1) is 11.8 Å². The number of benzene rings is 1. The Hall–Kier alpha value is -1.17. The molecule has 0 aromatic heterocycles. The van der Waals surface area contributed by atoms with Gasteiger partial charge in [-0.1, -0.05) is 0 Å². The number of aryl methyl sites for hydroxylation is 1. The maximum atomic E-state index is 13.3. The molecule has 0 aliphatic rings. The predicted molar refractivity (Wildman–Crippen MR) is 65.1 cm³/mol. The first-order valence-corrected chi connectivity index (χ1v) is 5.53. The fourth-order valence-corrected chi connectivity index (χ4v) is 1.70. The smallest absolute Gasteiger partial charge is 0.146 e. The maximum Gasteiger partial charge on any atom is 0.146 e. The van der Waals surface area contributed by atoms with Crippen LogP contribution in [0.5, 0.6) is 0 Å². The zero-order chi connectivity index (χ0) is 13.0. The highest BCUT2D eigenvalue weighted by Gasteiger charge is 2.20. The SMILES string of the molecule is CNCCC(O)C(O)c1cc(F)c(N)cc1C. The van der Waals surface area contributed by atoms with Crippen LogP contribution in [0, 0.1) is 12.7 Å². The molecule has 5 heteroatoms. The third-order valence-electron chi connectivity index (χ3n) is 2.76. The van der Waals surface area contributed by atoms with E-state index < -0.39 is 18.0 Å². The standard InChI is InChI=1S/C12H19FN2O2/c1-7-5-10(14)9(13)6-8(7)12(17)11(16)3-4-15-2/h5-6,11-12,15-17H,3-4,14H2,1-2H3. The van der Waals surface area contributed by atoms with Crippen molar-refractivity contribution in [1.82, 2.24) is 5.32 Å². The van der Waals surface area contributed by atoms with Crippen molar-refractivity contribution < 1.29 is 14.6 Å². The maximum absolute atomic E-state index is 13.3. The summed E-state index contributed by atoms with van der Waals surface area (Å²) >= 11 is 0. The van der Waals surface area contributed by atoms with Gasteiger partial charge in [0.1, 0.15) is 11.9 Å². The Morgan fingerprint density at radius 3 is 2.65 bits per heavy atom. The monoisotopic (exact) mass is 242 g/mol. The lowest BCUT2D eigenvalue weighted by molar-refractivity contribution is 0.0135. The third kappa shape index (κ3) is 3.39. The Morgan fingerprint density at radius 1 is 1.41 bits per heavy atom. The van der Waals surface area contributed by atoms with E-state index in [2.05, 4.69) is 5.32 Å².